The van der Waals surface area contributed by atoms with Crippen molar-refractivity contribution in [2.45, 2.75) is 24.9 Å². The Hall–Kier alpha value is -2.68. The molecule has 0 aliphatic heterocycles. The number of rotatable bonds is 8. The lowest BCUT2D eigenvalue weighted by molar-refractivity contribution is 0.355. The summed E-state index contributed by atoms with van der Waals surface area (Å²) in [6.45, 7) is 4.36. The van der Waals surface area contributed by atoms with Crippen molar-refractivity contribution >= 4 is 34.6 Å². The molecule has 1 unspecified atom stereocenters. The van der Waals surface area contributed by atoms with Gasteiger partial charge >= 0.3 is 0 Å². The Balaban J connectivity index is 1.75. The van der Waals surface area contributed by atoms with Gasteiger partial charge in [0.25, 0.3) is 0 Å². The van der Waals surface area contributed by atoms with E-state index in [0.29, 0.717) is 23.1 Å². The third-order valence-corrected chi connectivity index (χ3v) is 5.30. The van der Waals surface area contributed by atoms with Gasteiger partial charge in [-0.2, -0.15) is 4.98 Å². The van der Waals surface area contributed by atoms with Crippen LogP contribution in [0.1, 0.15) is 13.8 Å². The van der Waals surface area contributed by atoms with E-state index in [1.165, 1.54) is 0 Å². The van der Waals surface area contributed by atoms with Crippen LogP contribution in [0.5, 0.6) is 11.5 Å². The maximum absolute atomic E-state index is 5.80. The third-order valence-electron chi connectivity index (χ3n) is 4.21. The molecule has 8 nitrogen and oxygen atoms in total. The van der Waals surface area contributed by atoms with Crippen LogP contribution in [0.25, 0.3) is 11.2 Å². The average Bonchev–Trinajstić information content (AvgIpc) is 3.12. The molecule has 144 valence electrons. The zero-order chi connectivity index (χ0) is 19.4. The topological polar surface area (TPSA) is 111 Å². The first-order valence-electron chi connectivity index (χ1n) is 8.59. The maximum Gasteiger partial charge on any atom is 0.223 e. The molecule has 0 fully saturated rings. The molecule has 4 N–H and O–H groups in total. The lowest BCUT2D eigenvalue weighted by atomic mass is 10.1. The molecule has 0 spiro atoms. The molecule has 0 aliphatic rings. The van der Waals surface area contributed by atoms with E-state index in [4.69, 9.17) is 15.2 Å². The summed E-state index contributed by atoms with van der Waals surface area (Å²) in [4.78, 5) is 15.7. The van der Waals surface area contributed by atoms with Gasteiger partial charge in [0.05, 0.1) is 20.5 Å². The molecule has 3 rings (SSSR count). The smallest absolute Gasteiger partial charge is 0.223 e. The predicted molar refractivity (Wildman–Crippen MR) is 109 cm³/mol. The minimum Gasteiger partial charge on any atom is -0.493 e. The van der Waals surface area contributed by atoms with Gasteiger partial charge in [-0.1, -0.05) is 13.8 Å². The Labute approximate surface area is 162 Å². The number of nitrogens with zero attached hydrogens (tertiary/aromatic N) is 3. The number of fused-ring (bicyclic) bond motifs is 1. The average molecular weight is 388 g/mol. The van der Waals surface area contributed by atoms with Crippen LogP contribution in [0, 0.1) is 5.92 Å². The monoisotopic (exact) mass is 388 g/mol. The molecular formula is C18H24N6O2S. The van der Waals surface area contributed by atoms with Crippen LogP contribution in [0.4, 0.5) is 11.6 Å². The largest absolute Gasteiger partial charge is 0.493 e. The quantitative estimate of drug-likeness (QED) is 0.398. The Morgan fingerprint density at radius 1 is 1.19 bits per heavy atom. The number of hydrogen-bond donors (Lipinski definition) is 3. The second kappa shape index (κ2) is 8.34. The number of hydrogen-bond acceptors (Lipinski definition) is 8. The van der Waals surface area contributed by atoms with Crippen LogP contribution < -0.4 is 20.5 Å². The van der Waals surface area contributed by atoms with Gasteiger partial charge in [-0.25, -0.2) is 9.97 Å². The SMILES string of the molecule is COc1ccc(NC(CSc2nc(N)nc3nc[nH]c23)C(C)C)cc1OC. The summed E-state index contributed by atoms with van der Waals surface area (Å²) >= 11 is 1.62. The van der Waals surface area contributed by atoms with E-state index in [1.54, 1.807) is 32.3 Å². The fraction of sp³-hybridized carbons (Fsp3) is 0.389. The van der Waals surface area contributed by atoms with E-state index >= 15 is 0 Å². The normalized spacial score (nSPS) is 12.3. The standard InChI is InChI=1S/C18H24N6O2S/c1-10(2)12(22-11-5-6-13(25-3)14(7-11)26-4)8-27-17-15-16(21-9-20-15)23-18(19)24-17/h5-7,9-10,12,22H,8H2,1-4H3,(H3,19,20,21,23,24). The van der Waals surface area contributed by atoms with Crippen molar-refractivity contribution in [1.82, 2.24) is 19.9 Å². The van der Waals surface area contributed by atoms with Crippen molar-refractivity contribution in [2.75, 3.05) is 31.0 Å². The molecular weight excluding hydrogens is 364 g/mol. The molecule has 27 heavy (non-hydrogen) atoms. The molecule has 0 saturated heterocycles. The molecule has 2 aromatic heterocycles. The highest BCUT2D eigenvalue weighted by Gasteiger charge is 2.17. The van der Waals surface area contributed by atoms with Crippen molar-refractivity contribution in [3.8, 4) is 11.5 Å². The Morgan fingerprint density at radius 2 is 1.96 bits per heavy atom. The molecule has 1 aromatic carbocycles. The molecule has 9 heteroatoms. The van der Waals surface area contributed by atoms with E-state index < -0.39 is 0 Å². The van der Waals surface area contributed by atoms with Crippen LogP contribution in [0.3, 0.4) is 0 Å². The van der Waals surface area contributed by atoms with E-state index in [1.807, 2.05) is 18.2 Å². The summed E-state index contributed by atoms with van der Waals surface area (Å²) in [6, 6.07) is 6.03. The number of nitrogen functional groups attached to an aromatic ring is 1. The number of benzene rings is 1. The maximum atomic E-state index is 5.80. The summed E-state index contributed by atoms with van der Waals surface area (Å²) in [5.41, 5.74) is 8.17. The predicted octanol–water partition coefficient (Wildman–Crippen LogP) is 3.18. The van der Waals surface area contributed by atoms with Gasteiger partial charge in [0, 0.05) is 23.5 Å². The summed E-state index contributed by atoms with van der Waals surface area (Å²) in [5, 5.41) is 4.38. The number of ether oxygens (including phenoxy) is 2. The Bertz CT molecular complexity index is 914. The number of H-pyrrole nitrogens is 1. The summed E-state index contributed by atoms with van der Waals surface area (Å²) in [6.07, 6.45) is 1.60. The number of nitrogens with one attached hydrogen (secondary N) is 2. The Kier molecular flexibility index (Phi) is 5.90. The van der Waals surface area contributed by atoms with Gasteiger partial charge in [0.2, 0.25) is 5.95 Å². The van der Waals surface area contributed by atoms with E-state index in [9.17, 15) is 0 Å². The van der Waals surface area contributed by atoms with Crippen molar-refractivity contribution in [2.24, 2.45) is 5.92 Å². The van der Waals surface area contributed by atoms with E-state index in [-0.39, 0.29) is 12.0 Å². The number of methoxy groups -OCH3 is 2. The van der Waals surface area contributed by atoms with Gasteiger partial charge in [-0.3, -0.25) is 0 Å². The van der Waals surface area contributed by atoms with Gasteiger partial charge in [-0.15, -0.1) is 11.8 Å². The van der Waals surface area contributed by atoms with Crippen molar-refractivity contribution in [1.29, 1.82) is 0 Å². The molecule has 3 aromatic rings. The lowest BCUT2D eigenvalue weighted by Crippen LogP contribution is -2.28. The number of imidazole rings is 1. The number of nitrogens with two attached hydrogens (primary N) is 1. The first-order chi connectivity index (χ1) is 13.0. The molecule has 0 bridgehead atoms. The number of aromatic amines is 1. The third kappa shape index (κ3) is 4.36. The fourth-order valence-electron chi connectivity index (χ4n) is 2.64. The number of aromatic nitrogens is 4. The fourth-order valence-corrected chi connectivity index (χ4v) is 3.89. The van der Waals surface area contributed by atoms with Crippen LogP contribution in [0.2, 0.25) is 0 Å². The molecule has 0 radical (unpaired) electrons. The van der Waals surface area contributed by atoms with Crippen molar-refractivity contribution in [3.05, 3.63) is 24.5 Å². The summed E-state index contributed by atoms with van der Waals surface area (Å²) < 4.78 is 10.7. The second-order valence-corrected chi connectivity index (χ2v) is 7.37. The minimum absolute atomic E-state index is 0.210. The van der Waals surface area contributed by atoms with Gasteiger partial charge in [-0.05, 0) is 18.1 Å². The second-order valence-electron chi connectivity index (χ2n) is 6.36. The number of anilines is 2. The summed E-state index contributed by atoms with van der Waals surface area (Å²) in [7, 11) is 3.26. The zero-order valence-electron chi connectivity index (χ0n) is 15.8. The van der Waals surface area contributed by atoms with Crippen LogP contribution in [-0.2, 0) is 0 Å². The van der Waals surface area contributed by atoms with E-state index in [0.717, 1.165) is 22.0 Å². The molecule has 2 heterocycles. The lowest BCUT2D eigenvalue weighted by Gasteiger charge is -2.23. The number of thioether (sulfide) groups is 1. The minimum atomic E-state index is 0.210. The highest BCUT2D eigenvalue weighted by atomic mass is 32.2. The highest BCUT2D eigenvalue weighted by molar-refractivity contribution is 7.99. The Morgan fingerprint density at radius 3 is 2.67 bits per heavy atom. The molecule has 0 amide bonds. The molecule has 0 aliphatic carbocycles. The van der Waals surface area contributed by atoms with Crippen LogP contribution in [0.15, 0.2) is 29.6 Å². The van der Waals surface area contributed by atoms with Crippen LogP contribution in [-0.4, -0.2) is 46.0 Å². The van der Waals surface area contributed by atoms with E-state index in [2.05, 4.69) is 39.1 Å². The van der Waals surface area contributed by atoms with Gasteiger partial charge in [0.15, 0.2) is 17.1 Å². The van der Waals surface area contributed by atoms with Crippen molar-refractivity contribution in [3.63, 3.8) is 0 Å². The van der Waals surface area contributed by atoms with Gasteiger partial charge in [0.1, 0.15) is 10.5 Å². The first kappa shape index (κ1) is 19.1. The highest BCUT2D eigenvalue weighted by Crippen LogP contribution is 2.31. The molecule has 0 saturated carbocycles. The zero-order valence-corrected chi connectivity index (χ0v) is 16.6. The molecule has 1 atom stereocenters. The van der Waals surface area contributed by atoms with Crippen LogP contribution >= 0.6 is 11.8 Å². The first-order valence-corrected chi connectivity index (χ1v) is 9.58. The van der Waals surface area contributed by atoms with Crippen molar-refractivity contribution < 1.29 is 9.47 Å². The summed E-state index contributed by atoms with van der Waals surface area (Å²) in [5.74, 6) is 2.83. The van der Waals surface area contributed by atoms with Gasteiger partial charge < -0.3 is 25.5 Å².